The maximum Gasteiger partial charge on any atom is 0.336 e. The van der Waals surface area contributed by atoms with Gasteiger partial charge in [0.05, 0.1) is 5.56 Å². The Hall–Kier alpha value is -2.29. The largest absolute Gasteiger partial charge is 0.508 e. The third-order valence-corrected chi connectivity index (χ3v) is 3.30. The molecule has 2 rings (SSSR count). The summed E-state index contributed by atoms with van der Waals surface area (Å²) in [5, 5.41) is 18.8. The summed E-state index contributed by atoms with van der Waals surface area (Å²) in [6.07, 6.45) is 0. The predicted octanol–water partition coefficient (Wildman–Crippen LogP) is 4.05. The van der Waals surface area contributed by atoms with Gasteiger partial charge in [0.25, 0.3) is 0 Å². The van der Waals surface area contributed by atoms with Crippen LogP contribution in [0.25, 0.3) is 11.1 Å². The average molecular weight is 270 g/mol. The first-order valence-electron chi connectivity index (χ1n) is 6.46. The van der Waals surface area contributed by atoms with Crippen molar-refractivity contribution in [2.45, 2.75) is 26.2 Å². The smallest absolute Gasteiger partial charge is 0.336 e. The monoisotopic (exact) mass is 270 g/mol. The summed E-state index contributed by atoms with van der Waals surface area (Å²) in [4.78, 5) is 11.3. The summed E-state index contributed by atoms with van der Waals surface area (Å²) >= 11 is 0. The minimum Gasteiger partial charge on any atom is -0.508 e. The molecule has 2 N–H and O–H groups in total. The average Bonchev–Trinajstić information content (AvgIpc) is 2.37. The number of rotatable bonds is 2. The molecule has 0 bridgehead atoms. The molecule has 20 heavy (non-hydrogen) atoms. The highest BCUT2D eigenvalue weighted by Gasteiger charge is 2.15. The molecule has 0 fully saturated rings. The molecule has 3 nitrogen and oxygen atoms in total. The van der Waals surface area contributed by atoms with Crippen molar-refractivity contribution in [1.29, 1.82) is 0 Å². The Bertz CT molecular complexity index is 634. The fourth-order valence-corrected chi connectivity index (χ4v) is 2.11. The van der Waals surface area contributed by atoms with E-state index in [2.05, 4.69) is 20.8 Å². The van der Waals surface area contributed by atoms with Gasteiger partial charge in [0, 0.05) is 0 Å². The predicted molar refractivity (Wildman–Crippen MR) is 79.2 cm³/mol. The molecule has 0 heterocycles. The Kier molecular flexibility index (Phi) is 3.53. The molecule has 0 atom stereocenters. The van der Waals surface area contributed by atoms with Gasteiger partial charge in [-0.25, -0.2) is 4.79 Å². The van der Waals surface area contributed by atoms with Crippen LogP contribution in [0.4, 0.5) is 0 Å². The van der Waals surface area contributed by atoms with Gasteiger partial charge in [0.2, 0.25) is 0 Å². The van der Waals surface area contributed by atoms with Gasteiger partial charge < -0.3 is 10.2 Å². The van der Waals surface area contributed by atoms with Crippen LogP contribution >= 0.6 is 0 Å². The van der Waals surface area contributed by atoms with Crippen molar-refractivity contribution in [1.82, 2.24) is 0 Å². The Morgan fingerprint density at radius 1 is 1.00 bits per heavy atom. The summed E-state index contributed by atoms with van der Waals surface area (Å²) in [5.74, 6) is -0.940. The zero-order valence-corrected chi connectivity index (χ0v) is 11.8. The van der Waals surface area contributed by atoms with Gasteiger partial charge in [-0.2, -0.15) is 0 Å². The lowest BCUT2D eigenvalue weighted by Gasteiger charge is -2.19. The molecule has 0 aliphatic carbocycles. The third kappa shape index (κ3) is 2.82. The lowest BCUT2D eigenvalue weighted by atomic mass is 9.86. The summed E-state index contributed by atoms with van der Waals surface area (Å²) in [5.41, 5.74) is 2.72. The van der Waals surface area contributed by atoms with E-state index in [-0.39, 0.29) is 16.7 Å². The summed E-state index contributed by atoms with van der Waals surface area (Å²) < 4.78 is 0. The molecule has 0 saturated heterocycles. The summed E-state index contributed by atoms with van der Waals surface area (Å²) in [7, 11) is 0. The number of hydrogen-bond donors (Lipinski definition) is 2. The standard InChI is InChI=1S/C17H18O3/c1-17(2,3)12-6-4-11(5-7-12)15-10-13(18)8-9-14(15)16(19)20/h4-10,18H,1-3H3,(H,19,20). The molecule has 0 aliphatic heterocycles. The minimum absolute atomic E-state index is 0.0486. The Morgan fingerprint density at radius 2 is 1.60 bits per heavy atom. The number of aromatic hydroxyl groups is 1. The number of carboxylic acid groups (broad SMARTS) is 1. The highest BCUT2D eigenvalue weighted by atomic mass is 16.4. The van der Waals surface area contributed by atoms with Crippen molar-refractivity contribution in [3.05, 3.63) is 53.6 Å². The Labute approximate surface area is 118 Å². The number of phenolic OH excluding ortho intramolecular Hbond substituents is 1. The summed E-state index contributed by atoms with van der Waals surface area (Å²) in [6.45, 7) is 6.37. The molecule has 0 aliphatic rings. The lowest BCUT2D eigenvalue weighted by molar-refractivity contribution is 0.0697. The van der Waals surface area contributed by atoms with E-state index in [0.29, 0.717) is 5.56 Å². The van der Waals surface area contributed by atoms with Crippen molar-refractivity contribution in [2.75, 3.05) is 0 Å². The molecule has 0 amide bonds. The van der Waals surface area contributed by atoms with Crippen LogP contribution in [0.1, 0.15) is 36.7 Å². The van der Waals surface area contributed by atoms with Gasteiger partial charge in [-0.05, 0) is 40.3 Å². The molecule has 0 spiro atoms. The van der Waals surface area contributed by atoms with Gasteiger partial charge in [0.15, 0.2) is 0 Å². The molecule has 0 radical (unpaired) electrons. The zero-order chi connectivity index (χ0) is 14.9. The highest BCUT2D eigenvalue weighted by molar-refractivity contribution is 5.96. The number of hydrogen-bond acceptors (Lipinski definition) is 2. The molecule has 0 aromatic heterocycles. The van der Waals surface area contributed by atoms with E-state index in [4.69, 9.17) is 0 Å². The first-order chi connectivity index (χ1) is 9.29. The second-order valence-corrected chi connectivity index (χ2v) is 5.86. The highest BCUT2D eigenvalue weighted by Crippen LogP contribution is 2.30. The van der Waals surface area contributed by atoms with E-state index in [1.807, 2.05) is 24.3 Å². The maximum absolute atomic E-state index is 11.3. The minimum atomic E-state index is -1.00. The first kappa shape index (κ1) is 14.1. The van der Waals surface area contributed by atoms with E-state index < -0.39 is 5.97 Å². The SMILES string of the molecule is CC(C)(C)c1ccc(-c2cc(O)ccc2C(=O)O)cc1. The van der Waals surface area contributed by atoms with Crippen molar-refractivity contribution < 1.29 is 15.0 Å². The van der Waals surface area contributed by atoms with Crippen LogP contribution in [0.5, 0.6) is 5.75 Å². The fraction of sp³-hybridized carbons (Fsp3) is 0.235. The van der Waals surface area contributed by atoms with Crippen LogP contribution in [0, 0.1) is 0 Å². The summed E-state index contributed by atoms with van der Waals surface area (Å²) in [6, 6.07) is 12.1. The van der Waals surface area contributed by atoms with Crippen molar-refractivity contribution in [3.8, 4) is 16.9 Å². The van der Waals surface area contributed by atoms with Crippen molar-refractivity contribution >= 4 is 5.97 Å². The maximum atomic E-state index is 11.3. The van der Waals surface area contributed by atoms with Gasteiger partial charge in [-0.15, -0.1) is 0 Å². The van der Waals surface area contributed by atoms with E-state index in [9.17, 15) is 15.0 Å². The van der Waals surface area contributed by atoms with E-state index in [1.165, 1.54) is 23.8 Å². The van der Waals surface area contributed by atoms with Crippen LogP contribution in [-0.4, -0.2) is 16.2 Å². The van der Waals surface area contributed by atoms with Gasteiger partial charge >= 0.3 is 5.97 Å². The number of phenols is 1. The van der Waals surface area contributed by atoms with Crippen LogP contribution in [-0.2, 0) is 5.41 Å². The molecule has 2 aromatic rings. The van der Waals surface area contributed by atoms with Crippen LogP contribution in [0.3, 0.4) is 0 Å². The molecule has 0 unspecified atom stereocenters. The van der Waals surface area contributed by atoms with Crippen molar-refractivity contribution in [2.24, 2.45) is 0 Å². The van der Waals surface area contributed by atoms with E-state index in [0.717, 1.165) is 5.56 Å². The second kappa shape index (κ2) is 5.00. The molecular weight excluding hydrogens is 252 g/mol. The normalized spacial score (nSPS) is 11.3. The first-order valence-corrected chi connectivity index (χ1v) is 6.46. The fourth-order valence-electron chi connectivity index (χ4n) is 2.11. The van der Waals surface area contributed by atoms with Gasteiger partial charge in [-0.1, -0.05) is 45.0 Å². The van der Waals surface area contributed by atoms with Crippen molar-refractivity contribution in [3.63, 3.8) is 0 Å². The van der Waals surface area contributed by atoms with E-state index in [1.54, 1.807) is 0 Å². The van der Waals surface area contributed by atoms with Gasteiger partial charge in [-0.3, -0.25) is 0 Å². The van der Waals surface area contributed by atoms with E-state index >= 15 is 0 Å². The molecular formula is C17H18O3. The quantitative estimate of drug-likeness (QED) is 0.865. The third-order valence-electron chi connectivity index (χ3n) is 3.30. The number of aromatic carboxylic acids is 1. The Morgan fingerprint density at radius 3 is 2.10 bits per heavy atom. The second-order valence-electron chi connectivity index (χ2n) is 5.86. The number of benzene rings is 2. The van der Waals surface area contributed by atoms with Gasteiger partial charge in [0.1, 0.15) is 5.75 Å². The van der Waals surface area contributed by atoms with Crippen LogP contribution < -0.4 is 0 Å². The molecule has 0 saturated carbocycles. The van der Waals surface area contributed by atoms with Crippen LogP contribution in [0.15, 0.2) is 42.5 Å². The number of carbonyl (C=O) groups is 1. The molecule has 3 heteroatoms. The van der Waals surface area contributed by atoms with Crippen LogP contribution in [0.2, 0.25) is 0 Å². The topological polar surface area (TPSA) is 57.5 Å². The lowest BCUT2D eigenvalue weighted by Crippen LogP contribution is -2.10. The zero-order valence-electron chi connectivity index (χ0n) is 11.8. The Balaban J connectivity index is 2.52. The number of carboxylic acids is 1. The molecule has 104 valence electrons. The molecule has 2 aromatic carbocycles.